The van der Waals surface area contributed by atoms with E-state index in [-0.39, 0.29) is 41.4 Å². The van der Waals surface area contributed by atoms with E-state index in [1.807, 2.05) is 0 Å². The molecular weight excluding hydrogens is 486 g/mol. The van der Waals surface area contributed by atoms with Crippen molar-refractivity contribution in [3.8, 4) is 0 Å². The molecule has 12 N–H and O–H groups in total. The van der Waals surface area contributed by atoms with Crippen LogP contribution in [0, 0.1) is 34.7 Å². The first kappa shape index (κ1) is 45.3. The summed E-state index contributed by atoms with van der Waals surface area (Å²) >= 11 is 7.40. The summed E-state index contributed by atoms with van der Waals surface area (Å²) in [5.74, 6) is 0. The molecule has 2 rings (SSSR count). The average molecular weight is 510 g/mol. The topological polar surface area (TPSA) is 284 Å². The molecule has 29 heavy (non-hydrogen) atoms. The summed E-state index contributed by atoms with van der Waals surface area (Å²) in [5, 5.41) is 58.8. The van der Waals surface area contributed by atoms with Crippen molar-refractivity contribution in [2.24, 2.45) is 0 Å². The van der Waals surface area contributed by atoms with Crippen molar-refractivity contribution in [2.75, 3.05) is 0 Å². The van der Waals surface area contributed by atoms with Gasteiger partial charge in [0.05, 0.1) is 0 Å². The van der Waals surface area contributed by atoms with Gasteiger partial charge in [0, 0.05) is 13.8 Å². The van der Waals surface area contributed by atoms with Crippen LogP contribution in [-0.4, -0.2) is 10.3 Å². The average Bonchev–Trinajstić information content (AvgIpc) is 2.50. The van der Waals surface area contributed by atoms with E-state index in [1.54, 1.807) is 13.8 Å². The Morgan fingerprint density at radius 2 is 0.897 bits per heavy atom. The van der Waals surface area contributed by atoms with Crippen molar-refractivity contribution in [1.29, 1.82) is 0 Å². The SMILES string of the molecule is Cc1c[n+]([O-])cc[n+]1[O-].Cc1c[n+]([O-])cc[n+]1[O-].[N-]=C=S.[N-]=C=S.[OH3+].[OH3+].[OH3+].[OH3+].[Zn+2]. The maximum absolute atomic E-state index is 10.5. The Balaban J connectivity index is -0.0000000464. The van der Waals surface area contributed by atoms with Gasteiger partial charge < -0.3 is 53.6 Å². The molecule has 0 fully saturated rings. The van der Waals surface area contributed by atoms with Gasteiger partial charge >= 0.3 is 19.5 Å². The minimum absolute atomic E-state index is 0. The van der Waals surface area contributed by atoms with Crippen LogP contribution in [0.2, 0.25) is 0 Å². The number of rotatable bonds is 0. The zero-order valence-corrected chi connectivity index (χ0v) is 20.2. The fourth-order valence-corrected chi connectivity index (χ4v) is 1.06. The predicted octanol–water partition coefficient (Wildman–Crippen LogP) is -3.85. The van der Waals surface area contributed by atoms with Gasteiger partial charge in [0.25, 0.3) is 11.4 Å². The third-order valence-corrected chi connectivity index (χ3v) is 2.02. The van der Waals surface area contributed by atoms with E-state index >= 15 is 0 Å². The smallest absolute Gasteiger partial charge is 0.753 e. The number of nitrogens with zero attached hydrogens (tertiary/aromatic N) is 6. The van der Waals surface area contributed by atoms with Crippen molar-refractivity contribution in [1.82, 2.24) is 0 Å². The summed E-state index contributed by atoms with van der Waals surface area (Å²) < 4.78 is 2.44. The fraction of sp³-hybridized carbons (Fsp3) is 0.167. The van der Waals surface area contributed by atoms with Crippen molar-refractivity contribution >= 4 is 34.8 Å². The van der Waals surface area contributed by atoms with Gasteiger partial charge in [0.15, 0.2) is 0 Å². The summed E-state index contributed by atoms with van der Waals surface area (Å²) in [5.41, 5.74) is 0.792. The number of aryl methyl sites for hydroxylation is 2. The van der Waals surface area contributed by atoms with Crippen LogP contribution >= 0.6 is 24.4 Å². The monoisotopic (exact) mass is 508 g/mol. The van der Waals surface area contributed by atoms with E-state index in [1.165, 1.54) is 35.1 Å². The zero-order valence-electron chi connectivity index (χ0n) is 15.6. The van der Waals surface area contributed by atoms with Crippen LogP contribution in [0.5, 0.6) is 0 Å². The molecule has 2 aromatic rings. The van der Waals surface area contributed by atoms with Crippen LogP contribution in [0.4, 0.5) is 0 Å². The van der Waals surface area contributed by atoms with Gasteiger partial charge in [-0.3, -0.25) is 0 Å². The Morgan fingerprint density at radius 1 is 0.690 bits per heavy atom. The maximum Gasteiger partial charge on any atom is 2.00 e. The van der Waals surface area contributed by atoms with E-state index in [0.29, 0.717) is 30.3 Å². The van der Waals surface area contributed by atoms with Gasteiger partial charge in [0.2, 0.25) is 37.2 Å². The number of hydrogen-bond donors (Lipinski definition) is 0. The van der Waals surface area contributed by atoms with Crippen molar-refractivity contribution in [3.63, 3.8) is 0 Å². The van der Waals surface area contributed by atoms with E-state index < -0.39 is 0 Å². The van der Waals surface area contributed by atoms with Crippen LogP contribution in [-0.2, 0) is 41.4 Å². The number of aromatic nitrogens is 4. The molecule has 0 aliphatic heterocycles. The third-order valence-electron chi connectivity index (χ3n) is 2.02. The van der Waals surface area contributed by atoms with E-state index in [2.05, 4.69) is 24.4 Å². The molecule has 160 valence electrons. The van der Waals surface area contributed by atoms with Gasteiger partial charge in [0.1, 0.15) is 0 Å². The van der Waals surface area contributed by atoms with Crippen LogP contribution in [0.1, 0.15) is 11.4 Å². The number of thiocarbonyl (C=S) groups is 2. The quantitative estimate of drug-likeness (QED) is 0.0853. The Bertz CT molecular complexity index is 670. The second-order valence-corrected chi connectivity index (χ2v) is 4.06. The molecule has 14 nitrogen and oxygen atoms in total. The molecule has 0 aliphatic rings. The second-order valence-electron chi connectivity index (χ2n) is 3.69. The van der Waals surface area contributed by atoms with Gasteiger partial charge in [-0.05, 0) is 0 Å². The van der Waals surface area contributed by atoms with Crippen molar-refractivity contribution in [2.45, 2.75) is 13.8 Å². The fourth-order valence-electron chi connectivity index (χ4n) is 1.06. The maximum atomic E-state index is 10.5. The summed E-state index contributed by atoms with van der Waals surface area (Å²) in [7, 11) is 0. The van der Waals surface area contributed by atoms with E-state index in [0.717, 1.165) is 12.4 Å². The molecule has 0 bridgehead atoms. The molecule has 0 aliphatic carbocycles. The van der Waals surface area contributed by atoms with Crippen LogP contribution in [0.25, 0.3) is 10.8 Å². The second kappa shape index (κ2) is 27.6. The molecule has 2 aromatic heterocycles. The van der Waals surface area contributed by atoms with Crippen LogP contribution in [0.3, 0.4) is 0 Å². The molecular formula is C12H24N6O8S2Zn+4. The Morgan fingerprint density at radius 3 is 1.03 bits per heavy atom. The Kier molecular flexibility index (Phi) is 43.1. The number of hydrogen-bond acceptors (Lipinski definition) is 6. The standard InChI is InChI=1S/2C5H6N2O2.2CNS.4H2O.Zn/c2*1-5-4-6(8)2-3-7(5)9;2*2-1-3;;;;;/h2*2-4H,1H3;;;4*1H2;/q;;2*-1;;;;;+2/p+4. The first-order chi connectivity index (χ1) is 11.2. The normalized spacial score (nSPS) is 6.41. The number of isothiocyanates is 2. The Labute approximate surface area is 189 Å². The molecule has 2 heterocycles. The first-order valence-corrected chi connectivity index (χ1v) is 6.64. The van der Waals surface area contributed by atoms with Crippen molar-refractivity contribution < 1.29 is 60.3 Å². The third kappa shape index (κ3) is 25.4. The predicted molar refractivity (Wildman–Crippen MR) is 110 cm³/mol. The van der Waals surface area contributed by atoms with Gasteiger partial charge in [-0.2, -0.15) is 29.2 Å². The molecule has 0 amide bonds. The largest absolute Gasteiger partial charge is 2.00 e. The minimum atomic E-state index is 0. The molecule has 0 aromatic carbocycles. The molecule has 0 saturated carbocycles. The molecule has 17 heteroatoms. The summed E-state index contributed by atoms with van der Waals surface area (Å²) in [6, 6.07) is 0. The first-order valence-electron chi connectivity index (χ1n) is 5.83. The minimum Gasteiger partial charge on any atom is -0.753 e. The molecule has 0 atom stereocenters. The Hall–Kier alpha value is -2.58. The van der Waals surface area contributed by atoms with E-state index in [4.69, 9.17) is 10.8 Å². The zero-order chi connectivity index (χ0) is 19.1. The molecule has 0 radical (unpaired) electrons. The molecule has 0 saturated heterocycles. The molecule has 0 unspecified atom stereocenters. The van der Waals surface area contributed by atoms with E-state index in [9.17, 15) is 20.8 Å². The summed E-state index contributed by atoms with van der Waals surface area (Å²) in [4.78, 5) is 0. The summed E-state index contributed by atoms with van der Waals surface area (Å²) in [6.07, 6.45) is 7.07. The van der Waals surface area contributed by atoms with Crippen molar-refractivity contribution in [3.05, 3.63) is 80.2 Å². The van der Waals surface area contributed by atoms with Gasteiger partial charge in [-0.25, -0.2) is 0 Å². The van der Waals surface area contributed by atoms with Crippen LogP contribution < -0.4 is 18.9 Å². The van der Waals surface area contributed by atoms with Gasteiger partial charge in [-0.15, -0.1) is 0 Å². The van der Waals surface area contributed by atoms with Gasteiger partial charge in [-0.1, -0.05) is 24.4 Å². The van der Waals surface area contributed by atoms with Crippen LogP contribution in [0.15, 0.2) is 37.2 Å². The molecule has 0 spiro atoms. The summed E-state index contributed by atoms with van der Waals surface area (Å²) in [6.45, 7) is 3.14.